The van der Waals surface area contributed by atoms with Crippen LogP contribution in [0.25, 0.3) is 0 Å². The van der Waals surface area contributed by atoms with E-state index in [4.69, 9.17) is 0 Å². The van der Waals surface area contributed by atoms with Crippen molar-refractivity contribution in [1.82, 2.24) is 0 Å². The van der Waals surface area contributed by atoms with Gasteiger partial charge < -0.3 is 5.11 Å². The maximum absolute atomic E-state index is 12.7. The second-order valence-corrected chi connectivity index (χ2v) is 4.30. The molecule has 0 aromatic heterocycles. The van der Waals surface area contributed by atoms with E-state index in [1.165, 1.54) is 36.0 Å². The minimum absolute atomic E-state index is 0.352. The average Bonchev–Trinajstić information content (AvgIpc) is 2.22. The number of rotatable bonds is 4. The van der Waals surface area contributed by atoms with Gasteiger partial charge in [0.25, 0.3) is 0 Å². The molecule has 1 atom stereocenters. The molecule has 0 spiro atoms. The number of hydrogen-bond donors (Lipinski definition) is 1. The molecule has 0 aliphatic rings. The third-order valence-electron chi connectivity index (χ3n) is 2.50. The minimum Gasteiger partial charge on any atom is -0.480 e. The molecule has 1 aromatic rings. The smallest absolute Gasteiger partial charge is 0.324 e. The molecule has 0 aliphatic heterocycles. The van der Waals surface area contributed by atoms with Crippen LogP contribution in [0.3, 0.4) is 0 Å². The lowest BCUT2D eigenvalue weighted by Gasteiger charge is -2.26. The highest BCUT2D eigenvalue weighted by molar-refractivity contribution is 8.00. The van der Waals surface area contributed by atoms with E-state index in [1.807, 2.05) is 6.92 Å². The number of carboxylic acids is 1. The number of hydrogen-bond acceptors (Lipinski definition) is 2. The second kappa shape index (κ2) is 4.66. The van der Waals surface area contributed by atoms with Gasteiger partial charge in [0, 0.05) is 0 Å². The lowest BCUT2D eigenvalue weighted by atomic mass is 9.95. The van der Waals surface area contributed by atoms with Gasteiger partial charge in [0.05, 0.1) is 0 Å². The number of aliphatic carboxylic acids is 1. The fourth-order valence-corrected chi connectivity index (χ4v) is 2.38. The molecule has 4 heteroatoms. The first kappa shape index (κ1) is 12.0. The Morgan fingerprint density at radius 2 is 2.00 bits per heavy atom. The first-order chi connectivity index (χ1) is 7.06. The van der Waals surface area contributed by atoms with Crippen molar-refractivity contribution in [1.29, 1.82) is 0 Å². The molecule has 0 amide bonds. The fourth-order valence-electron chi connectivity index (χ4n) is 1.55. The summed E-state index contributed by atoms with van der Waals surface area (Å²) in [6.45, 7) is 1.81. The molecular weight excluding hydrogens is 215 g/mol. The molecule has 0 radical (unpaired) electrons. The quantitative estimate of drug-likeness (QED) is 0.861. The van der Waals surface area contributed by atoms with Crippen molar-refractivity contribution in [3.63, 3.8) is 0 Å². The molecule has 0 bridgehead atoms. The molecule has 0 heterocycles. The zero-order valence-electron chi connectivity index (χ0n) is 8.66. The van der Waals surface area contributed by atoms with Crippen LogP contribution in [0.5, 0.6) is 0 Å². The standard InChI is InChI=1S/C11H13FO2S/c1-3-11(15-2,10(13)14)8-4-6-9(12)7-5-8/h4-7H,3H2,1-2H3,(H,13,14). The van der Waals surface area contributed by atoms with E-state index in [0.29, 0.717) is 12.0 Å². The topological polar surface area (TPSA) is 37.3 Å². The summed E-state index contributed by atoms with van der Waals surface area (Å²) in [5.74, 6) is -1.24. The van der Waals surface area contributed by atoms with E-state index in [1.54, 1.807) is 6.26 Å². The Labute approximate surface area is 92.5 Å². The summed E-state index contributed by atoms with van der Waals surface area (Å²) in [6.07, 6.45) is 2.22. The molecule has 2 nitrogen and oxygen atoms in total. The van der Waals surface area contributed by atoms with Gasteiger partial charge in [-0.15, -0.1) is 11.8 Å². The van der Waals surface area contributed by atoms with Crippen molar-refractivity contribution < 1.29 is 14.3 Å². The van der Waals surface area contributed by atoms with Gasteiger partial charge in [-0.05, 0) is 30.4 Å². The van der Waals surface area contributed by atoms with Crippen LogP contribution in [0.1, 0.15) is 18.9 Å². The zero-order chi connectivity index (χ0) is 11.5. The predicted octanol–water partition coefficient (Wildman–Crippen LogP) is 2.88. The first-order valence-electron chi connectivity index (χ1n) is 4.61. The van der Waals surface area contributed by atoms with E-state index < -0.39 is 10.7 Å². The summed E-state index contributed by atoms with van der Waals surface area (Å²) >= 11 is 1.26. The van der Waals surface area contributed by atoms with Gasteiger partial charge in [-0.3, -0.25) is 4.79 Å². The van der Waals surface area contributed by atoms with Crippen LogP contribution in [0.4, 0.5) is 4.39 Å². The molecule has 0 saturated heterocycles. The Kier molecular flexibility index (Phi) is 3.74. The van der Waals surface area contributed by atoms with E-state index in [9.17, 15) is 14.3 Å². The van der Waals surface area contributed by atoms with Gasteiger partial charge >= 0.3 is 5.97 Å². The highest BCUT2D eigenvalue weighted by atomic mass is 32.2. The summed E-state index contributed by atoms with van der Waals surface area (Å²) in [5.41, 5.74) is 0.631. The summed E-state index contributed by atoms with van der Waals surface area (Å²) < 4.78 is 11.8. The molecule has 1 aromatic carbocycles. The highest BCUT2D eigenvalue weighted by Gasteiger charge is 2.37. The highest BCUT2D eigenvalue weighted by Crippen LogP contribution is 2.38. The molecule has 1 rings (SSSR count). The Balaban J connectivity index is 3.20. The van der Waals surface area contributed by atoms with Crippen LogP contribution in [0, 0.1) is 5.82 Å². The van der Waals surface area contributed by atoms with Gasteiger partial charge in [0.2, 0.25) is 0 Å². The Hall–Kier alpha value is -1.03. The third kappa shape index (κ3) is 2.15. The van der Waals surface area contributed by atoms with Crippen LogP contribution in [0.15, 0.2) is 24.3 Å². The molecule has 1 N–H and O–H groups in total. The second-order valence-electron chi connectivity index (χ2n) is 3.20. The maximum Gasteiger partial charge on any atom is 0.324 e. The van der Waals surface area contributed by atoms with E-state index in [0.717, 1.165) is 0 Å². The SMILES string of the molecule is CCC(SC)(C(=O)O)c1ccc(F)cc1. The van der Waals surface area contributed by atoms with Crippen molar-refractivity contribution in [3.05, 3.63) is 35.6 Å². The molecular formula is C11H13FO2S. The Bertz CT molecular complexity index is 344. The van der Waals surface area contributed by atoms with Crippen molar-refractivity contribution in [2.45, 2.75) is 18.1 Å². The normalized spacial score (nSPS) is 14.6. The number of benzene rings is 1. The van der Waals surface area contributed by atoms with Gasteiger partial charge in [0.1, 0.15) is 10.6 Å². The molecule has 0 fully saturated rings. The predicted molar refractivity (Wildman–Crippen MR) is 59.5 cm³/mol. The van der Waals surface area contributed by atoms with Gasteiger partial charge in [0.15, 0.2) is 0 Å². The third-order valence-corrected chi connectivity index (χ3v) is 3.90. The zero-order valence-corrected chi connectivity index (χ0v) is 9.47. The lowest BCUT2D eigenvalue weighted by Crippen LogP contribution is -2.31. The maximum atomic E-state index is 12.7. The lowest BCUT2D eigenvalue weighted by molar-refractivity contribution is -0.140. The van der Waals surface area contributed by atoms with Crippen LogP contribution >= 0.6 is 11.8 Å². The molecule has 0 saturated carbocycles. The Morgan fingerprint density at radius 1 is 1.47 bits per heavy atom. The van der Waals surface area contributed by atoms with Gasteiger partial charge in [-0.2, -0.15) is 0 Å². The van der Waals surface area contributed by atoms with Crippen LogP contribution in [0.2, 0.25) is 0 Å². The van der Waals surface area contributed by atoms with E-state index in [2.05, 4.69) is 0 Å². The van der Waals surface area contributed by atoms with Gasteiger partial charge in [-0.1, -0.05) is 19.1 Å². The minimum atomic E-state index is -0.965. The van der Waals surface area contributed by atoms with E-state index >= 15 is 0 Å². The number of carbonyl (C=O) groups is 1. The summed E-state index contributed by atoms with van der Waals surface area (Å²) in [4.78, 5) is 11.3. The number of halogens is 1. The summed E-state index contributed by atoms with van der Waals surface area (Å²) in [5, 5.41) is 9.23. The van der Waals surface area contributed by atoms with Crippen molar-refractivity contribution >= 4 is 17.7 Å². The number of carboxylic acid groups (broad SMARTS) is 1. The Morgan fingerprint density at radius 3 is 2.33 bits per heavy atom. The average molecular weight is 228 g/mol. The largest absolute Gasteiger partial charge is 0.480 e. The van der Waals surface area contributed by atoms with Crippen molar-refractivity contribution in [3.8, 4) is 0 Å². The molecule has 82 valence electrons. The van der Waals surface area contributed by atoms with Crippen LogP contribution in [-0.4, -0.2) is 17.3 Å². The first-order valence-corrected chi connectivity index (χ1v) is 5.84. The van der Waals surface area contributed by atoms with Crippen LogP contribution in [-0.2, 0) is 9.54 Å². The summed E-state index contributed by atoms with van der Waals surface area (Å²) in [7, 11) is 0. The van der Waals surface area contributed by atoms with E-state index in [-0.39, 0.29) is 5.82 Å². The summed E-state index contributed by atoms with van der Waals surface area (Å²) in [6, 6.07) is 5.64. The molecule has 0 aliphatic carbocycles. The monoisotopic (exact) mass is 228 g/mol. The van der Waals surface area contributed by atoms with Crippen molar-refractivity contribution in [2.75, 3.05) is 6.26 Å². The fraction of sp³-hybridized carbons (Fsp3) is 0.364. The molecule has 1 unspecified atom stereocenters. The van der Waals surface area contributed by atoms with Gasteiger partial charge in [-0.25, -0.2) is 4.39 Å². The van der Waals surface area contributed by atoms with Crippen LogP contribution < -0.4 is 0 Å². The molecule has 15 heavy (non-hydrogen) atoms. The number of thioether (sulfide) groups is 1. The van der Waals surface area contributed by atoms with Crippen molar-refractivity contribution in [2.24, 2.45) is 0 Å².